The number of piperidine rings is 1. The van der Waals surface area contributed by atoms with Crippen molar-refractivity contribution in [1.29, 1.82) is 0 Å². The smallest absolute Gasteiger partial charge is 0.322 e. The topological polar surface area (TPSA) is 83.9 Å². The van der Waals surface area contributed by atoms with Gasteiger partial charge >= 0.3 is 5.97 Å². The number of aromatic hydroxyl groups is 1. The van der Waals surface area contributed by atoms with Crippen molar-refractivity contribution in [2.24, 2.45) is 0 Å². The Labute approximate surface area is 233 Å². The van der Waals surface area contributed by atoms with E-state index in [0.29, 0.717) is 25.0 Å². The van der Waals surface area contributed by atoms with Gasteiger partial charge in [0.25, 0.3) is 0 Å². The van der Waals surface area contributed by atoms with Crippen LogP contribution in [0.3, 0.4) is 0 Å². The Balaban J connectivity index is 2.39. The van der Waals surface area contributed by atoms with Crippen molar-refractivity contribution < 1.29 is 23.6 Å². The fourth-order valence-electron chi connectivity index (χ4n) is 5.99. The molecule has 1 aliphatic heterocycles. The van der Waals surface area contributed by atoms with Gasteiger partial charge in [-0.1, -0.05) is 60.6 Å². The number of ether oxygens (including phenoxy) is 1. The molecule has 216 valence electrons. The second-order valence-electron chi connectivity index (χ2n) is 13.9. The summed E-state index contributed by atoms with van der Waals surface area (Å²) in [5.41, 5.74) is 1.01. The van der Waals surface area contributed by atoms with Crippen molar-refractivity contribution in [3.63, 3.8) is 0 Å². The molecule has 0 saturated carbocycles. The molecular weight excluding hydrogens is 498 g/mol. The molecule has 1 aromatic carbocycles. The van der Waals surface area contributed by atoms with Gasteiger partial charge in [0.1, 0.15) is 17.1 Å². The van der Waals surface area contributed by atoms with Gasteiger partial charge in [-0.25, -0.2) is 0 Å². The molecule has 1 aromatic rings. The number of hydrogen-bond donors (Lipinski definition) is 1. The number of carbonyl (C=O) groups excluding carboxylic acids is 2. The number of phenolic OH excluding ortho intramolecular Hbond substituents is 1. The summed E-state index contributed by atoms with van der Waals surface area (Å²) in [5, 5.41) is 10.4. The number of likely N-dealkylation sites (tertiary alicyclic amines) is 1. The van der Waals surface area contributed by atoms with Gasteiger partial charge < -0.3 is 14.7 Å². The summed E-state index contributed by atoms with van der Waals surface area (Å²) >= 11 is 0. The Hall–Kier alpha value is -1.89. The minimum atomic E-state index is -1.46. The molecule has 1 amide bonds. The Morgan fingerprint density at radius 1 is 1.05 bits per heavy atom. The SMILES string of the molecule is CCC(=O)N1C(C)(C)CC(OC(=O)C(Cc2cc(C(C)(C)C)c(O)c(C(C)(C)CC)c2)S(C)=O)CC1(C)C. The van der Waals surface area contributed by atoms with Crippen LogP contribution in [0.2, 0.25) is 0 Å². The van der Waals surface area contributed by atoms with Crippen LogP contribution in [0.15, 0.2) is 12.1 Å². The van der Waals surface area contributed by atoms with E-state index in [2.05, 4.69) is 41.5 Å². The van der Waals surface area contributed by atoms with Crippen LogP contribution in [0.1, 0.15) is 119 Å². The van der Waals surface area contributed by atoms with Crippen molar-refractivity contribution in [3.8, 4) is 5.75 Å². The molecule has 1 fully saturated rings. The number of benzene rings is 1. The Morgan fingerprint density at radius 2 is 1.55 bits per heavy atom. The van der Waals surface area contributed by atoms with E-state index in [1.807, 2.05) is 51.7 Å². The molecule has 2 atom stereocenters. The molecular formula is C31H51NO5S. The highest BCUT2D eigenvalue weighted by Gasteiger charge is 2.48. The highest BCUT2D eigenvalue weighted by molar-refractivity contribution is 7.85. The van der Waals surface area contributed by atoms with E-state index in [-0.39, 0.29) is 29.3 Å². The average Bonchev–Trinajstić information content (AvgIpc) is 2.74. The van der Waals surface area contributed by atoms with Crippen LogP contribution in [0.25, 0.3) is 0 Å². The molecule has 6 nitrogen and oxygen atoms in total. The molecule has 7 heteroatoms. The summed E-state index contributed by atoms with van der Waals surface area (Å²) in [6.45, 7) is 22.4. The van der Waals surface area contributed by atoms with Crippen LogP contribution in [-0.2, 0) is 42.4 Å². The first kappa shape index (κ1) is 32.3. The lowest BCUT2D eigenvalue weighted by molar-refractivity contribution is -0.167. The molecule has 0 aliphatic carbocycles. The summed E-state index contributed by atoms with van der Waals surface area (Å²) in [5.74, 6) is -0.0906. The Kier molecular flexibility index (Phi) is 9.62. The third-order valence-corrected chi connectivity index (χ3v) is 9.34. The van der Waals surface area contributed by atoms with Crippen molar-refractivity contribution in [2.45, 2.75) is 142 Å². The predicted molar refractivity (Wildman–Crippen MR) is 156 cm³/mol. The fraction of sp³-hybridized carbons (Fsp3) is 0.742. The molecule has 0 radical (unpaired) electrons. The van der Waals surface area contributed by atoms with E-state index in [1.54, 1.807) is 6.26 Å². The highest BCUT2D eigenvalue weighted by atomic mass is 32.2. The fourth-order valence-corrected chi connectivity index (χ4v) is 6.74. The summed E-state index contributed by atoms with van der Waals surface area (Å²) in [6.07, 6.45) is 3.75. The number of amides is 1. The quantitative estimate of drug-likeness (QED) is 0.392. The van der Waals surface area contributed by atoms with Gasteiger partial charge in [-0.05, 0) is 62.5 Å². The van der Waals surface area contributed by atoms with Crippen molar-refractivity contribution in [1.82, 2.24) is 4.90 Å². The minimum Gasteiger partial charge on any atom is -0.507 e. The normalized spacial score (nSPS) is 19.6. The summed E-state index contributed by atoms with van der Waals surface area (Å²) in [4.78, 5) is 28.2. The van der Waals surface area contributed by atoms with Gasteiger partial charge in [-0.2, -0.15) is 0 Å². The van der Waals surface area contributed by atoms with Crippen LogP contribution < -0.4 is 0 Å². The first-order valence-electron chi connectivity index (χ1n) is 13.9. The molecule has 38 heavy (non-hydrogen) atoms. The van der Waals surface area contributed by atoms with E-state index in [1.165, 1.54) is 0 Å². The standard InChI is InChI=1S/C31H51NO5S/c1-13-25(33)32-30(8,9)18-21(19-31(32,10)11)37-27(35)24(38(12)36)17-20-15-22(28(3,4)5)26(34)23(16-20)29(6,7)14-2/h15-16,21,24,34H,13-14,17-19H2,1-12H3. The molecule has 1 heterocycles. The van der Waals surface area contributed by atoms with Gasteiger partial charge in [-0.3, -0.25) is 13.8 Å². The van der Waals surface area contributed by atoms with Crippen LogP contribution in [0.4, 0.5) is 0 Å². The Bertz CT molecular complexity index is 1050. The minimum absolute atomic E-state index is 0.0881. The number of carbonyl (C=O) groups is 2. The van der Waals surface area contributed by atoms with Crippen LogP contribution in [0, 0.1) is 0 Å². The largest absolute Gasteiger partial charge is 0.507 e. The number of hydrogen-bond acceptors (Lipinski definition) is 5. The van der Waals surface area contributed by atoms with Crippen molar-refractivity contribution in [2.75, 3.05) is 6.26 Å². The molecule has 2 unspecified atom stereocenters. The third-order valence-electron chi connectivity index (χ3n) is 8.18. The predicted octanol–water partition coefficient (Wildman–Crippen LogP) is 6.17. The zero-order chi connectivity index (χ0) is 29.4. The van der Waals surface area contributed by atoms with Crippen LogP contribution in [0.5, 0.6) is 5.75 Å². The molecule has 0 bridgehead atoms. The lowest BCUT2D eigenvalue weighted by Gasteiger charge is -2.55. The van der Waals surface area contributed by atoms with E-state index in [9.17, 15) is 18.9 Å². The molecule has 1 N–H and O–H groups in total. The molecule has 0 aromatic heterocycles. The number of nitrogens with zero attached hydrogens (tertiary/aromatic N) is 1. The highest BCUT2D eigenvalue weighted by Crippen LogP contribution is 2.42. The van der Waals surface area contributed by atoms with Crippen LogP contribution in [-0.4, -0.2) is 54.8 Å². The molecule has 2 rings (SSSR count). The van der Waals surface area contributed by atoms with E-state index in [4.69, 9.17) is 4.74 Å². The van der Waals surface area contributed by atoms with Gasteiger partial charge in [0, 0.05) is 53.0 Å². The van der Waals surface area contributed by atoms with Gasteiger partial charge in [-0.15, -0.1) is 0 Å². The lowest BCUT2D eigenvalue weighted by Crippen LogP contribution is -2.64. The summed E-state index contributed by atoms with van der Waals surface area (Å²) < 4.78 is 18.9. The Morgan fingerprint density at radius 3 is 1.97 bits per heavy atom. The second kappa shape index (κ2) is 11.3. The van der Waals surface area contributed by atoms with Gasteiger partial charge in [0.05, 0.1) is 0 Å². The first-order chi connectivity index (χ1) is 17.2. The maximum absolute atomic E-state index is 13.5. The maximum atomic E-state index is 13.5. The monoisotopic (exact) mass is 549 g/mol. The van der Waals surface area contributed by atoms with E-state index >= 15 is 0 Å². The zero-order valence-electron chi connectivity index (χ0n) is 25.8. The zero-order valence-corrected chi connectivity index (χ0v) is 26.6. The number of esters is 1. The molecule has 1 aliphatic rings. The van der Waals surface area contributed by atoms with Crippen molar-refractivity contribution >= 4 is 22.7 Å². The summed E-state index contributed by atoms with van der Waals surface area (Å²) in [6, 6.07) is 3.90. The average molecular weight is 550 g/mol. The van der Waals surface area contributed by atoms with Gasteiger partial charge in [0.15, 0.2) is 0 Å². The van der Waals surface area contributed by atoms with E-state index < -0.39 is 33.1 Å². The number of rotatable bonds is 8. The lowest BCUT2D eigenvalue weighted by atomic mass is 9.76. The number of phenols is 1. The van der Waals surface area contributed by atoms with Crippen LogP contribution >= 0.6 is 0 Å². The molecule has 1 saturated heterocycles. The summed E-state index contributed by atoms with van der Waals surface area (Å²) in [7, 11) is -1.46. The maximum Gasteiger partial charge on any atom is 0.322 e. The van der Waals surface area contributed by atoms with Gasteiger partial charge in [0.2, 0.25) is 5.91 Å². The third kappa shape index (κ3) is 7.00. The second-order valence-corrected chi connectivity index (χ2v) is 15.5. The van der Waals surface area contributed by atoms with E-state index in [0.717, 1.165) is 23.1 Å². The van der Waals surface area contributed by atoms with Crippen molar-refractivity contribution in [3.05, 3.63) is 28.8 Å². The molecule has 0 spiro atoms. The first-order valence-corrected chi connectivity index (χ1v) is 15.5.